The lowest BCUT2D eigenvalue weighted by atomic mass is 10.00. The number of hydrogen-bond acceptors (Lipinski definition) is 4. The topological polar surface area (TPSA) is 66.9 Å². The van der Waals surface area contributed by atoms with E-state index < -0.39 is 10.0 Å². The van der Waals surface area contributed by atoms with Crippen LogP contribution in [0.3, 0.4) is 0 Å². The molecule has 0 atom stereocenters. The minimum atomic E-state index is -3.66. The Balaban J connectivity index is 1.56. The Bertz CT molecular complexity index is 1020. The van der Waals surface area contributed by atoms with Gasteiger partial charge in [0.15, 0.2) is 0 Å². The van der Waals surface area contributed by atoms with E-state index in [-0.39, 0.29) is 28.7 Å². The molecular weight excluding hydrogens is 400 g/mol. The number of para-hydroxylation sites is 1. The summed E-state index contributed by atoms with van der Waals surface area (Å²) in [7, 11) is -3.66. The average molecular weight is 421 g/mol. The van der Waals surface area contributed by atoms with E-state index in [9.17, 15) is 13.2 Å². The molecular formula is C20H21ClN2O4S. The molecule has 148 valence electrons. The van der Waals surface area contributed by atoms with Crippen LogP contribution < -0.4 is 4.90 Å². The van der Waals surface area contributed by atoms with Crippen LogP contribution in [0, 0.1) is 6.92 Å². The summed E-state index contributed by atoms with van der Waals surface area (Å²) in [4.78, 5) is 14.3. The zero-order valence-electron chi connectivity index (χ0n) is 15.5. The first-order valence-corrected chi connectivity index (χ1v) is 11.0. The van der Waals surface area contributed by atoms with Crippen molar-refractivity contribution in [3.05, 3.63) is 58.6 Å². The molecule has 0 aromatic heterocycles. The number of anilines is 1. The summed E-state index contributed by atoms with van der Waals surface area (Å²) in [6.45, 7) is 2.89. The first-order chi connectivity index (χ1) is 13.4. The van der Waals surface area contributed by atoms with Gasteiger partial charge in [0.2, 0.25) is 10.0 Å². The van der Waals surface area contributed by atoms with Gasteiger partial charge in [0.05, 0.1) is 10.7 Å². The van der Waals surface area contributed by atoms with Crippen molar-refractivity contribution in [2.24, 2.45) is 0 Å². The number of benzene rings is 2. The molecule has 2 aliphatic rings. The van der Waals surface area contributed by atoms with Crippen LogP contribution in [0.1, 0.15) is 24.0 Å². The number of hydrogen-bond donors (Lipinski definition) is 0. The molecule has 2 aromatic rings. The molecule has 0 bridgehead atoms. The quantitative estimate of drug-likeness (QED) is 0.753. The average Bonchev–Trinajstić information content (AvgIpc) is 2.69. The van der Waals surface area contributed by atoms with Crippen LogP contribution in [0.15, 0.2) is 47.4 Å². The predicted octanol–water partition coefficient (Wildman–Crippen LogP) is 3.96. The molecule has 8 heteroatoms. The van der Waals surface area contributed by atoms with Gasteiger partial charge in [0.25, 0.3) is 0 Å². The second-order valence-electron chi connectivity index (χ2n) is 7.07. The number of piperidine rings is 1. The Labute approximate surface area is 169 Å². The molecule has 2 aliphatic heterocycles. The number of sulfonamides is 1. The molecule has 0 unspecified atom stereocenters. The molecule has 2 heterocycles. The van der Waals surface area contributed by atoms with Crippen molar-refractivity contribution in [2.45, 2.75) is 37.3 Å². The number of nitrogens with zero attached hydrogens (tertiary/aromatic N) is 2. The molecule has 2 aromatic carbocycles. The first-order valence-electron chi connectivity index (χ1n) is 9.19. The fourth-order valence-corrected chi connectivity index (χ4v) is 5.91. The highest BCUT2D eigenvalue weighted by atomic mass is 35.5. The van der Waals surface area contributed by atoms with Crippen LogP contribution >= 0.6 is 11.6 Å². The fourth-order valence-electron chi connectivity index (χ4n) is 3.95. The van der Waals surface area contributed by atoms with E-state index in [1.165, 1.54) is 10.4 Å². The Morgan fingerprint density at radius 1 is 1.07 bits per heavy atom. The van der Waals surface area contributed by atoms with Gasteiger partial charge in [0.1, 0.15) is 11.5 Å². The molecule has 0 aliphatic carbocycles. The minimum absolute atomic E-state index is 0.106. The molecule has 1 saturated heterocycles. The minimum Gasteiger partial charge on any atom is -0.444 e. The summed E-state index contributed by atoms with van der Waals surface area (Å²) in [5, 5.41) is 0.216. The number of carbonyl (C=O) groups excluding carboxylic acids is 1. The van der Waals surface area contributed by atoms with Crippen LogP contribution in [0.5, 0.6) is 0 Å². The van der Waals surface area contributed by atoms with E-state index in [2.05, 4.69) is 0 Å². The number of rotatable bonds is 3. The number of carbonyl (C=O) groups is 1. The van der Waals surface area contributed by atoms with E-state index >= 15 is 0 Å². The number of aryl methyl sites for hydroxylation is 1. The number of halogens is 1. The smallest absolute Gasteiger partial charge is 0.414 e. The largest absolute Gasteiger partial charge is 0.444 e. The van der Waals surface area contributed by atoms with Crippen molar-refractivity contribution >= 4 is 33.4 Å². The maximum atomic E-state index is 12.9. The van der Waals surface area contributed by atoms with Gasteiger partial charge in [-0.15, -0.1) is 0 Å². The highest BCUT2D eigenvalue weighted by molar-refractivity contribution is 7.89. The first kappa shape index (κ1) is 19.2. The molecule has 6 nitrogen and oxygen atoms in total. The third-order valence-corrected chi connectivity index (χ3v) is 7.75. The summed E-state index contributed by atoms with van der Waals surface area (Å²) < 4.78 is 32.7. The summed E-state index contributed by atoms with van der Waals surface area (Å²) in [6.07, 6.45) is 0.702. The maximum absolute atomic E-state index is 12.9. The molecule has 0 spiro atoms. The Kier molecular flexibility index (Phi) is 5.07. The van der Waals surface area contributed by atoms with Crippen LogP contribution in [0.2, 0.25) is 5.02 Å². The highest BCUT2D eigenvalue weighted by Gasteiger charge is 2.38. The van der Waals surface area contributed by atoms with Crippen molar-refractivity contribution in [1.29, 1.82) is 0 Å². The van der Waals surface area contributed by atoms with E-state index in [0.717, 1.165) is 16.8 Å². The normalized spacial score (nSPS) is 18.6. The second-order valence-corrected chi connectivity index (χ2v) is 9.39. The third kappa shape index (κ3) is 3.27. The van der Waals surface area contributed by atoms with Crippen molar-refractivity contribution in [1.82, 2.24) is 4.31 Å². The molecule has 28 heavy (non-hydrogen) atoms. The summed E-state index contributed by atoms with van der Waals surface area (Å²) in [5.74, 6) is 0. The van der Waals surface area contributed by atoms with Crippen LogP contribution in [0.4, 0.5) is 10.5 Å². The van der Waals surface area contributed by atoms with Crippen molar-refractivity contribution < 1.29 is 17.9 Å². The fraction of sp³-hybridized carbons (Fsp3) is 0.350. The molecule has 4 rings (SSSR count). The molecule has 1 amide bonds. The van der Waals surface area contributed by atoms with Crippen LogP contribution in [-0.4, -0.2) is 37.9 Å². The van der Waals surface area contributed by atoms with Gasteiger partial charge in [-0.3, -0.25) is 4.90 Å². The third-order valence-electron chi connectivity index (χ3n) is 5.35. The molecule has 0 saturated carbocycles. The molecule has 1 fully saturated rings. The predicted molar refractivity (Wildman–Crippen MR) is 107 cm³/mol. The van der Waals surface area contributed by atoms with Gasteiger partial charge in [-0.2, -0.15) is 4.31 Å². The van der Waals surface area contributed by atoms with Crippen molar-refractivity contribution in [2.75, 3.05) is 18.0 Å². The van der Waals surface area contributed by atoms with Gasteiger partial charge in [-0.25, -0.2) is 13.2 Å². The molecule has 0 N–H and O–H groups in total. The number of amides is 1. The van der Waals surface area contributed by atoms with Gasteiger partial charge < -0.3 is 4.74 Å². The lowest BCUT2D eigenvalue weighted by Crippen LogP contribution is -2.50. The zero-order chi connectivity index (χ0) is 19.9. The maximum Gasteiger partial charge on any atom is 0.414 e. The molecule has 0 radical (unpaired) electrons. The lowest BCUT2D eigenvalue weighted by Gasteiger charge is -2.40. The zero-order valence-corrected chi connectivity index (χ0v) is 17.0. The van der Waals surface area contributed by atoms with Gasteiger partial charge in [-0.1, -0.05) is 41.9 Å². The van der Waals surface area contributed by atoms with Gasteiger partial charge >= 0.3 is 6.09 Å². The van der Waals surface area contributed by atoms with Gasteiger partial charge in [0, 0.05) is 24.7 Å². The SMILES string of the molecule is Cc1cccc2c1N(C1CCN(S(=O)(=O)c3ccccc3Cl)CC1)C(=O)OC2. The number of cyclic esters (lactones) is 1. The van der Waals surface area contributed by atoms with Crippen molar-refractivity contribution in [3.63, 3.8) is 0 Å². The standard InChI is InChI=1S/C20H21ClN2O4S/c1-14-5-4-6-15-13-27-20(24)23(19(14)15)16-9-11-22(12-10-16)28(25,26)18-8-3-2-7-17(18)21/h2-8,16H,9-13H2,1H3. The van der Waals surface area contributed by atoms with E-state index in [4.69, 9.17) is 16.3 Å². The lowest BCUT2D eigenvalue weighted by molar-refractivity contribution is 0.135. The number of ether oxygens (including phenoxy) is 1. The highest BCUT2D eigenvalue weighted by Crippen LogP contribution is 2.35. The second kappa shape index (κ2) is 7.39. The van der Waals surface area contributed by atoms with Crippen LogP contribution in [0.25, 0.3) is 0 Å². The Morgan fingerprint density at radius 3 is 2.50 bits per heavy atom. The van der Waals surface area contributed by atoms with Crippen LogP contribution in [-0.2, 0) is 21.4 Å². The Morgan fingerprint density at radius 2 is 1.79 bits per heavy atom. The summed E-state index contributed by atoms with van der Waals surface area (Å²) >= 11 is 6.10. The van der Waals surface area contributed by atoms with Crippen molar-refractivity contribution in [3.8, 4) is 0 Å². The van der Waals surface area contributed by atoms with Gasteiger partial charge in [-0.05, 0) is 37.5 Å². The van der Waals surface area contributed by atoms with E-state index in [1.54, 1.807) is 23.1 Å². The van der Waals surface area contributed by atoms with E-state index in [0.29, 0.717) is 25.9 Å². The summed E-state index contributed by atoms with van der Waals surface area (Å²) in [6, 6.07) is 12.2. The number of fused-ring (bicyclic) bond motifs is 1. The monoisotopic (exact) mass is 420 g/mol. The van der Waals surface area contributed by atoms with E-state index in [1.807, 2.05) is 25.1 Å². The Hall–Kier alpha value is -2.09. The summed E-state index contributed by atoms with van der Waals surface area (Å²) in [5.41, 5.74) is 2.89.